The Morgan fingerprint density at radius 2 is 1.79 bits per heavy atom. The molecule has 2 rings (SSSR count). The van der Waals surface area contributed by atoms with Gasteiger partial charge in [-0.1, -0.05) is 11.6 Å². The number of hydrogen-bond donors (Lipinski definition) is 2. The molecule has 0 atom stereocenters. The van der Waals surface area contributed by atoms with E-state index in [1.165, 1.54) is 7.11 Å². The fourth-order valence-electron chi connectivity index (χ4n) is 2.78. The molecule has 1 aromatic carbocycles. The van der Waals surface area contributed by atoms with Crippen molar-refractivity contribution in [1.29, 1.82) is 0 Å². The average Bonchev–Trinajstić information content (AvgIpc) is 2.97. The Bertz CT molecular complexity index is 951. The summed E-state index contributed by atoms with van der Waals surface area (Å²) in [5, 5.41) is 3.12. The van der Waals surface area contributed by atoms with Crippen LogP contribution in [0.25, 0.3) is 0 Å². The Labute approximate surface area is 173 Å². The van der Waals surface area contributed by atoms with Crippen LogP contribution in [0.4, 0.5) is 5.69 Å². The number of hydrogen-bond acceptors (Lipinski definition) is 6. The predicted octanol–water partition coefficient (Wildman–Crippen LogP) is 3.57. The van der Waals surface area contributed by atoms with Crippen molar-refractivity contribution < 1.29 is 28.6 Å². The monoisotopic (exact) mass is 422 g/mol. The number of nitrogens with one attached hydrogen (secondary N) is 2. The molecular formula is C20H23ClN2O6. The molecule has 0 bridgehead atoms. The van der Waals surface area contributed by atoms with Crippen LogP contribution in [0.5, 0.6) is 5.75 Å². The van der Waals surface area contributed by atoms with Crippen LogP contribution in [0.1, 0.15) is 44.6 Å². The van der Waals surface area contributed by atoms with E-state index < -0.39 is 24.5 Å². The first-order chi connectivity index (χ1) is 13.7. The summed E-state index contributed by atoms with van der Waals surface area (Å²) in [6.07, 6.45) is 0. The van der Waals surface area contributed by atoms with Crippen molar-refractivity contribution in [2.24, 2.45) is 0 Å². The van der Waals surface area contributed by atoms with Gasteiger partial charge in [0, 0.05) is 16.8 Å². The van der Waals surface area contributed by atoms with Crippen LogP contribution in [-0.2, 0) is 14.3 Å². The largest absolute Gasteiger partial charge is 0.495 e. The quantitative estimate of drug-likeness (QED) is 0.660. The molecule has 156 valence electrons. The number of anilines is 1. The number of H-pyrrole nitrogens is 1. The number of esters is 2. The number of methoxy groups -OCH3 is 1. The van der Waals surface area contributed by atoms with Crippen molar-refractivity contribution in [1.82, 2.24) is 4.98 Å². The number of ether oxygens (including phenoxy) is 3. The van der Waals surface area contributed by atoms with E-state index in [2.05, 4.69) is 10.3 Å². The minimum atomic E-state index is -0.754. The maximum absolute atomic E-state index is 12.4. The Balaban J connectivity index is 2.06. The van der Waals surface area contributed by atoms with Crippen molar-refractivity contribution in [3.05, 3.63) is 45.2 Å². The number of benzene rings is 1. The van der Waals surface area contributed by atoms with E-state index in [9.17, 15) is 14.4 Å². The van der Waals surface area contributed by atoms with Crippen LogP contribution >= 0.6 is 11.6 Å². The zero-order valence-corrected chi connectivity index (χ0v) is 17.7. The highest BCUT2D eigenvalue weighted by atomic mass is 35.5. The molecule has 0 radical (unpaired) electrons. The minimum Gasteiger partial charge on any atom is -0.495 e. The third-order valence-corrected chi connectivity index (χ3v) is 4.62. The van der Waals surface area contributed by atoms with Crippen molar-refractivity contribution in [2.45, 2.75) is 27.7 Å². The summed E-state index contributed by atoms with van der Waals surface area (Å²) in [5.74, 6) is -1.45. The van der Waals surface area contributed by atoms with Gasteiger partial charge in [0.1, 0.15) is 11.4 Å². The third-order valence-electron chi connectivity index (χ3n) is 4.21. The highest BCUT2D eigenvalue weighted by Crippen LogP contribution is 2.30. The van der Waals surface area contributed by atoms with Crippen LogP contribution in [-0.4, -0.2) is 43.2 Å². The molecule has 0 aliphatic carbocycles. The zero-order chi connectivity index (χ0) is 21.7. The fourth-order valence-corrected chi connectivity index (χ4v) is 2.94. The van der Waals surface area contributed by atoms with Gasteiger partial charge in [-0.25, -0.2) is 9.59 Å². The fraction of sp³-hybridized carbons (Fsp3) is 0.350. The van der Waals surface area contributed by atoms with Crippen molar-refractivity contribution in [2.75, 3.05) is 25.6 Å². The number of aryl methyl sites for hydroxylation is 2. The first kappa shape index (κ1) is 22.3. The van der Waals surface area contributed by atoms with Gasteiger partial charge in [0.05, 0.1) is 25.0 Å². The molecule has 8 nitrogen and oxygen atoms in total. The molecule has 29 heavy (non-hydrogen) atoms. The summed E-state index contributed by atoms with van der Waals surface area (Å²) >= 11 is 6.04. The first-order valence-electron chi connectivity index (χ1n) is 8.86. The van der Waals surface area contributed by atoms with E-state index in [-0.39, 0.29) is 17.9 Å². The lowest BCUT2D eigenvalue weighted by atomic mass is 10.1. The Kier molecular flexibility index (Phi) is 7.28. The normalized spacial score (nSPS) is 10.4. The standard InChI is InChI=1S/C20H23ClN2O6/c1-6-28-19(25)17-11(3)18(22-12(17)4)20(26)29-9-16(24)23-14-7-10(2)13(21)8-15(14)27-5/h7-8,22H,6,9H2,1-5H3,(H,23,24). The second-order valence-corrected chi connectivity index (χ2v) is 6.68. The minimum absolute atomic E-state index is 0.0956. The van der Waals surface area contributed by atoms with Gasteiger partial charge in [0.15, 0.2) is 6.61 Å². The average molecular weight is 423 g/mol. The predicted molar refractivity (Wildman–Crippen MR) is 108 cm³/mol. The number of aromatic amines is 1. The Morgan fingerprint density at radius 1 is 1.10 bits per heavy atom. The van der Waals surface area contributed by atoms with Crippen LogP contribution in [0, 0.1) is 20.8 Å². The van der Waals surface area contributed by atoms with Gasteiger partial charge in [-0.2, -0.15) is 0 Å². The smallest absolute Gasteiger partial charge is 0.355 e. The topological polar surface area (TPSA) is 107 Å². The molecule has 1 heterocycles. The van der Waals surface area contributed by atoms with Crippen LogP contribution in [0.2, 0.25) is 5.02 Å². The van der Waals surface area contributed by atoms with E-state index >= 15 is 0 Å². The van der Waals surface area contributed by atoms with E-state index in [4.69, 9.17) is 25.8 Å². The molecule has 9 heteroatoms. The molecule has 0 aliphatic rings. The maximum atomic E-state index is 12.4. The summed E-state index contributed by atoms with van der Waals surface area (Å²) in [6.45, 7) is 6.44. The third kappa shape index (κ3) is 5.08. The molecule has 0 unspecified atom stereocenters. The summed E-state index contributed by atoms with van der Waals surface area (Å²) in [4.78, 5) is 39.4. The lowest BCUT2D eigenvalue weighted by Crippen LogP contribution is -2.21. The van der Waals surface area contributed by atoms with Crippen molar-refractivity contribution in [3.63, 3.8) is 0 Å². The van der Waals surface area contributed by atoms with Gasteiger partial charge in [-0.15, -0.1) is 0 Å². The molecule has 0 saturated heterocycles. The molecule has 1 aromatic heterocycles. The Morgan fingerprint density at radius 3 is 2.41 bits per heavy atom. The zero-order valence-electron chi connectivity index (χ0n) is 16.9. The van der Waals surface area contributed by atoms with Gasteiger partial charge in [0.25, 0.3) is 5.91 Å². The van der Waals surface area contributed by atoms with Gasteiger partial charge in [-0.05, 0) is 44.9 Å². The van der Waals surface area contributed by atoms with Crippen molar-refractivity contribution >= 4 is 35.1 Å². The van der Waals surface area contributed by atoms with Crippen molar-refractivity contribution in [3.8, 4) is 5.75 Å². The van der Waals surface area contributed by atoms with E-state index in [1.54, 1.807) is 39.8 Å². The van der Waals surface area contributed by atoms with Gasteiger partial charge in [0.2, 0.25) is 0 Å². The van der Waals surface area contributed by atoms with E-state index in [1.807, 2.05) is 0 Å². The number of halogens is 1. The SMILES string of the molecule is CCOC(=O)c1c(C)[nH]c(C(=O)OCC(=O)Nc2cc(C)c(Cl)cc2OC)c1C. The summed E-state index contributed by atoms with van der Waals surface area (Å²) in [5.41, 5.74) is 2.43. The van der Waals surface area contributed by atoms with Gasteiger partial charge >= 0.3 is 11.9 Å². The molecule has 0 spiro atoms. The molecule has 0 saturated carbocycles. The second-order valence-electron chi connectivity index (χ2n) is 6.27. The van der Waals surface area contributed by atoms with Crippen LogP contribution in [0.15, 0.2) is 12.1 Å². The van der Waals surface area contributed by atoms with E-state index in [0.717, 1.165) is 5.56 Å². The summed E-state index contributed by atoms with van der Waals surface area (Å²) < 4.78 is 15.3. The molecule has 0 aliphatic heterocycles. The molecule has 2 aromatic rings. The highest BCUT2D eigenvalue weighted by molar-refractivity contribution is 6.31. The van der Waals surface area contributed by atoms with Crippen LogP contribution < -0.4 is 10.1 Å². The number of carbonyl (C=O) groups excluding carboxylic acids is 3. The molecule has 2 N–H and O–H groups in total. The lowest BCUT2D eigenvalue weighted by Gasteiger charge is -2.12. The number of aromatic nitrogens is 1. The summed E-state index contributed by atoms with van der Waals surface area (Å²) in [7, 11) is 1.45. The Hall–Kier alpha value is -3.00. The summed E-state index contributed by atoms with van der Waals surface area (Å²) in [6, 6.07) is 3.24. The second kappa shape index (κ2) is 9.47. The van der Waals surface area contributed by atoms with Gasteiger partial charge < -0.3 is 24.5 Å². The van der Waals surface area contributed by atoms with Gasteiger partial charge in [-0.3, -0.25) is 4.79 Å². The maximum Gasteiger partial charge on any atom is 0.355 e. The molecule has 0 fully saturated rings. The number of carbonyl (C=O) groups is 3. The number of amides is 1. The molecule has 1 amide bonds. The highest BCUT2D eigenvalue weighted by Gasteiger charge is 2.24. The molecular weight excluding hydrogens is 400 g/mol. The lowest BCUT2D eigenvalue weighted by molar-refractivity contribution is -0.119. The van der Waals surface area contributed by atoms with Crippen LogP contribution in [0.3, 0.4) is 0 Å². The number of rotatable bonds is 7. The first-order valence-corrected chi connectivity index (χ1v) is 9.24. The van der Waals surface area contributed by atoms with E-state index in [0.29, 0.717) is 27.7 Å².